The Morgan fingerprint density at radius 2 is 1.79 bits per heavy atom. The van der Waals surface area contributed by atoms with E-state index in [9.17, 15) is 8.42 Å². The van der Waals surface area contributed by atoms with Gasteiger partial charge in [0.1, 0.15) is 0 Å². The van der Waals surface area contributed by atoms with Crippen LogP contribution >= 0.6 is 0 Å². The molecule has 0 heterocycles. The topological polar surface area (TPSA) is 72.2 Å². The number of nitrogens with one attached hydrogen (secondary N) is 1. The molecule has 0 aliphatic rings. The number of hydrogen-bond donors (Lipinski definition) is 2. The van der Waals surface area contributed by atoms with Crippen molar-refractivity contribution in [1.82, 2.24) is 4.72 Å². The summed E-state index contributed by atoms with van der Waals surface area (Å²) in [7, 11) is -3.00. The summed E-state index contributed by atoms with van der Waals surface area (Å²) < 4.78 is 25.0. The maximum Gasteiger partial charge on any atom is 0.211 e. The zero-order chi connectivity index (χ0) is 10.9. The van der Waals surface area contributed by atoms with E-state index in [1.54, 1.807) is 0 Å². The molecule has 0 rings (SSSR count). The molecule has 5 heteroatoms. The molecule has 0 amide bonds. The first-order chi connectivity index (χ1) is 6.62. The van der Waals surface area contributed by atoms with E-state index >= 15 is 0 Å². The van der Waals surface area contributed by atoms with Crippen molar-refractivity contribution in [3.63, 3.8) is 0 Å². The molecule has 0 aliphatic heterocycles. The summed E-state index contributed by atoms with van der Waals surface area (Å²) in [6.07, 6.45) is 4.74. The van der Waals surface area contributed by atoms with Crippen LogP contribution in [-0.4, -0.2) is 27.3 Å². The summed E-state index contributed by atoms with van der Waals surface area (Å²) in [4.78, 5) is 0. The van der Waals surface area contributed by atoms with Crippen LogP contribution in [0.1, 0.15) is 39.0 Å². The maximum atomic E-state index is 11.2. The number of sulfonamides is 1. The van der Waals surface area contributed by atoms with Gasteiger partial charge in [0.25, 0.3) is 0 Å². The summed E-state index contributed by atoms with van der Waals surface area (Å²) >= 11 is 0. The van der Waals surface area contributed by atoms with E-state index in [4.69, 9.17) is 5.73 Å². The summed E-state index contributed by atoms with van der Waals surface area (Å²) in [6, 6.07) is 0. The van der Waals surface area contributed by atoms with E-state index in [2.05, 4.69) is 4.72 Å². The van der Waals surface area contributed by atoms with Crippen molar-refractivity contribution < 1.29 is 8.42 Å². The van der Waals surface area contributed by atoms with Crippen LogP contribution in [0.5, 0.6) is 0 Å². The fourth-order valence-electron chi connectivity index (χ4n) is 1.19. The monoisotopic (exact) mass is 222 g/mol. The number of nitrogens with two attached hydrogens (primary N) is 1. The van der Waals surface area contributed by atoms with Crippen molar-refractivity contribution in [3.8, 4) is 0 Å². The van der Waals surface area contributed by atoms with Crippen molar-refractivity contribution in [2.75, 3.05) is 18.8 Å². The van der Waals surface area contributed by atoms with Gasteiger partial charge in [-0.05, 0) is 25.8 Å². The smallest absolute Gasteiger partial charge is 0.211 e. The van der Waals surface area contributed by atoms with Gasteiger partial charge in [-0.15, -0.1) is 0 Å². The van der Waals surface area contributed by atoms with Gasteiger partial charge in [0.2, 0.25) is 10.0 Å². The Bertz CT molecular complexity index is 215. The first-order valence-electron chi connectivity index (χ1n) is 5.30. The Morgan fingerprint density at radius 1 is 1.14 bits per heavy atom. The second-order valence-electron chi connectivity index (χ2n) is 3.42. The van der Waals surface area contributed by atoms with Gasteiger partial charge in [0, 0.05) is 6.54 Å². The van der Waals surface area contributed by atoms with Crippen LogP contribution < -0.4 is 10.5 Å². The van der Waals surface area contributed by atoms with Crippen LogP contribution in [0.3, 0.4) is 0 Å². The molecule has 0 atom stereocenters. The molecule has 0 aromatic heterocycles. The van der Waals surface area contributed by atoms with Crippen LogP contribution in [0.2, 0.25) is 0 Å². The fourth-order valence-corrected chi connectivity index (χ4v) is 2.33. The molecule has 0 unspecified atom stereocenters. The zero-order valence-corrected chi connectivity index (χ0v) is 9.78. The van der Waals surface area contributed by atoms with Crippen molar-refractivity contribution in [1.29, 1.82) is 0 Å². The first kappa shape index (κ1) is 13.9. The van der Waals surface area contributed by atoms with Crippen LogP contribution in [0, 0.1) is 0 Å². The Balaban J connectivity index is 3.35. The maximum absolute atomic E-state index is 11.2. The highest BCUT2D eigenvalue weighted by Gasteiger charge is 2.06. The molecule has 0 radical (unpaired) electrons. The summed E-state index contributed by atoms with van der Waals surface area (Å²) in [5.41, 5.74) is 5.34. The minimum atomic E-state index is -3.00. The first-order valence-corrected chi connectivity index (χ1v) is 6.95. The van der Waals surface area contributed by atoms with Crippen molar-refractivity contribution in [2.24, 2.45) is 5.73 Å². The van der Waals surface area contributed by atoms with Gasteiger partial charge in [0.05, 0.1) is 5.75 Å². The predicted molar refractivity (Wildman–Crippen MR) is 59.6 cm³/mol. The molecule has 0 aromatic carbocycles. The fraction of sp³-hybridized carbons (Fsp3) is 1.00. The van der Waals surface area contributed by atoms with Gasteiger partial charge in [-0.1, -0.05) is 19.8 Å². The highest BCUT2D eigenvalue weighted by Crippen LogP contribution is 1.98. The van der Waals surface area contributed by atoms with Crippen molar-refractivity contribution in [3.05, 3.63) is 0 Å². The lowest BCUT2D eigenvalue weighted by Crippen LogP contribution is -2.27. The van der Waals surface area contributed by atoms with E-state index in [-0.39, 0.29) is 5.75 Å². The second-order valence-corrected chi connectivity index (χ2v) is 5.34. The SMILES string of the molecule is CCCS(=O)(=O)NCCCCCCN. The third-order valence-corrected chi connectivity index (χ3v) is 3.52. The Morgan fingerprint density at radius 3 is 2.36 bits per heavy atom. The average Bonchev–Trinajstić information content (AvgIpc) is 2.11. The lowest BCUT2D eigenvalue weighted by molar-refractivity contribution is 0.571. The normalized spacial score (nSPS) is 11.9. The summed E-state index contributed by atoms with van der Waals surface area (Å²) in [6.45, 7) is 3.15. The number of rotatable bonds is 9. The molecule has 0 aromatic rings. The molecule has 86 valence electrons. The second kappa shape index (κ2) is 8.20. The molecule has 0 saturated carbocycles. The Kier molecular flexibility index (Phi) is 8.12. The number of unbranched alkanes of at least 4 members (excludes halogenated alkanes) is 3. The van der Waals surface area contributed by atoms with Gasteiger partial charge in [-0.2, -0.15) is 0 Å². The molecular weight excluding hydrogens is 200 g/mol. The van der Waals surface area contributed by atoms with E-state index < -0.39 is 10.0 Å². The standard InChI is InChI=1S/C9H22N2O2S/c1-2-9-14(12,13)11-8-6-4-3-5-7-10/h11H,2-10H2,1H3. The lowest BCUT2D eigenvalue weighted by Gasteiger charge is -2.04. The van der Waals surface area contributed by atoms with E-state index in [1.807, 2.05) is 6.92 Å². The largest absolute Gasteiger partial charge is 0.330 e. The molecular formula is C9H22N2O2S. The van der Waals surface area contributed by atoms with Gasteiger partial charge >= 0.3 is 0 Å². The zero-order valence-electron chi connectivity index (χ0n) is 8.96. The van der Waals surface area contributed by atoms with Crippen LogP contribution in [0.4, 0.5) is 0 Å². The van der Waals surface area contributed by atoms with Gasteiger partial charge in [-0.25, -0.2) is 13.1 Å². The third-order valence-electron chi connectivity index (χ3n) is 1.93. The van der Waals surface area contributed by atoms with Crippen LogP contribution in [-0.2, 0) is 10.0 Å². The van der Waals surface area contributed by atoms with Gasteiger partial charge in [0.15, 0.2) is 0 Å². The Hall–Kier alpha value is -0.130. The van der Waals surface area contributed by atoms with Crippen LogP contribution in [0.15, 0.2) is 0 Å². The highest BCUT2D eigenvalue weighted by molar-refractivity contribution is 7.89. The summed E-state index contributed by atoms with van der Waals surface area (Å²) in [5, 5.41) is 0. The molecule has 3 N–H and O–H groups in total. The lowest BCUT2D eigenvalue weighted by atomic mass is 10.2. The van der Waals surface area contributed by atoms with Crippen LogP contribution in [0.25, 0.3) is 0 Å². The number of hydrogen-bond acceptors (Lipinski definition) is 3. The van der Waals surface area contributed by atoms with E-state index in [0.717, 1.165) is 32.2 Å². The third kappa shape index (κ3) is 8.47. The predicted octanol–water partition coefficient (Wildman–Crippen LogP) is 0.835. The molecule has 4 nitrogen and oxygen atoms in total. The highest BCUT2D eigenvalue weighted by atomic mass is 32.2. The quantitative estimate of drug-likeness (QED) is 0.568. The molecule has 0 fully saturated rings. The minimum absolute atomic E-state index is 0.232. The van der Waals surface area contributed by atoms with Gasteiger partial charge in [-0.3, -0.25) is 0 Å². The molecule has 0 spiro atoms. The molecule has 14 heavy (non-hydrogen) atoms. The van der Waals surface area contributed by atoms with Crippen molar-refractivity contribution >= 4 is 10.0 Å². The minimum Gasteiger partial charge on any atom is -0.330 e. The van der Waals surface area contributed by atoms with E-state index in [1.165, 1.54) is 0 Å². The Labute approximate surface area is 87.3 Å². The average molecular weight is 222 g/mol. The van der Waals surface area contributed by atoms with E-state index in [0.29, 0.717) is 13.0 Å². The summed E-state index contributed by atoms with van der Waals surface area (Å²) in [5.74, 6) is 0.232. The molecule has 0 aliphatic carbocycles. The van der Waals surface area contributed by atoms with Crippen molar-refractivity contribution in [2.45, 2.75) is 39.0 Å². The molecule has 0 saturated heterocycles. The molecule has 0 bridgehead atoms. The van der Waals surface area contributed by atoms with Gasteiger partial charge < -0.3 is 5.73 Å².